The van der Waals surface area contributed by atoms with Gasteiger partial charge in [0.15, 0.2) is 0 Å². The summed E-state index contributed by atoms with van der Waals surface area (Å²) in [4.78, 5) is 26.0. The van der Waals surface area contributed by atoms with Gasteiger partial charge in [0.1, 0.15) is 0 Å². The molecule has 1 aromatic carbocycles. The molecule has 2 aromatic rings. The van der Waals surface area contributed by atoms with E-state index in [0.717, 1.165) is 33.5 Å². The molecule has 0 spiro atoms. The van der Waals surface area contributed by atoms with Gasteiger partial charge in [-0.1, -0.05) is 0 Å². The highest BCUT2D eigenvalue weighted by Gasteiger charge is 2.19. The van der Waals surface area contributed by atoms with Crippen LogP contribution in [0.4, 0.5) is 5.69 Å². The van der Waals surface area contributed by atoms with Crippen molar-refractivity contribution < 1.29 is 4.79 Å². The third-order valence-electron chi connectivity index (χ3n) is 3.56. The highest BCUT2D eigenvalue weighted by atomic mass is 16.1. The lowest BCUT2D eigenvalue weighted by molar-refractivity contribution is -0.115. The minimum absolute atomic E-state index is 0.0890. The second-order valence-electron chi connectivity index (χ2n) is 4.94. The molecule has 1 aliphatic rings. The highest BCUT2D eigenvalue weighted by Crippen LogP contribution is 2.34. The number of H-pyrrole nitrogens is 1. The van der Waals surface area contributed by atoms with Crippen molar-refractivity contribution in [1.29, 1.82) is 0 Å². The molecule has 2 N–H and O–H groups in total. The molecule has 4 heteroatoms. The maximum Gasteiger partial charge on any atom is 0.248 e. The predicted octanol–water partition coefficient (Wildman–Crippen LogP) is 2.15. The van der Waals surface area contributed by atoms with E-state index in [0.29, 0.717) is 0 Å². The van der Waals surface area contributed by atoms with E-state index < -0.39 is 0 Å². The zero-order chi connectivity index (χ0) is 13.6. The largest absolute Gasteiger partial charge is 0.328 e. The van der Waals surface area contributed by atoms with Crippen LogP contribution in [0.2, 0.25) is 0 Å². The first-order valence-corrected chi connectivity index (χ1v) is 6.17. The fourth-order valence-electron chi connectivity index (χ4n) is 2.42. The second-order valence-corrected chi connectivity index (χ2v) is 4.94. The molecule has 1 aliphatic heterocycles. The molecule has 1 aromatic heterocycles. The van der Waals surface area contributed by atoms with Gasteiger partial charge in [-0.2, -0.15) is 0 Å². The molecule has 0 saturated carbocycles. The van der Waals surface area contributed by atoms with Crippen LogP contribution in [-0.2, 0) is 11.2 Å². The number of aromatic amines is 1. The van der Waals surface area contributed by atoms with Crippen LogP contribution in [0, 0.1) is 13.8 Å². The molecule has 0 aliphatic carbocycles. The zero-order valence-corrected chi connectivity index (χ0v) is 10.8. The van der Waals surface area contributed by atoms with Crippen molar-refractivity contribution in [3.63, 3.8) is 0 Å². The third kappa shape index (κ3) is 1.95. The van der Waals surface area contributed by atoms with E-state index in [-0.39, 0.29) is 17.9 Å². The van der Waals surface area contributed by atoms with E-state index in [4.69, 9.17) is 0 Å². The Balaban J connectivity index is 2.34. The lowest BCUT2D eigenvalue weighted by atomic mass is 9.96. The fourth-order valence-corrected chi connectivity index (χ4v) is 2.42. The smallest absolute Gasteiger partial charge is 0.248 e. The van der Waals surface area contributed by atoms with Crippen molar-refractivity contribution >= 4 is 11.6 Å². The number of anilines is 1. The summed E-state index contributed by atoms with van der Waals surface area (Å²) < 4.78 is 0. The molecule has 0 unspecified atom stereocenters. The lowest BCUT2D eigenvalue weighted by Crippen LogP contribution is -2.14. The first-order chi connectivity index (χ1) is 9.04. The number of hydrogen-bond acceptors (Lipinski definition) is 2. The first kappa shape index (κ1) is 11.7. The van der Waals surface area contributed by atoms with Gasteiger partial charge in [-0.3, -0.25) is 9.59 Å². The number of amides is 1. The SMILES string of the molecule is Cc1cc2c(cc1C)-c1c[nH]c(=O)cc1CC(=O)N2. The van der Waals surface area contributed by atoms with E-state index in [1.165, 1.54) is 6.07 Å². The molecule has 0 saturated heterocycles. The van der Waals surface area contributed by atoms with Gasteiger partial charge in [-0.15, -0.1) is 0 Å². The van der Waals surface area contributed by atoms with Crippen LogP contribution in [0.5, 0.6) is 0 Å². The molecule has 96 valence electrons. The molecule has 1 amide bonds. The summed E-state index contributed by atoms with van der Waals surface area (Å²) in [5.41, 5.74) is 5.55. The van der Waals surface area contributed by atoms with Gasteiger partial charge in [0, 0.05) is 29.1 Å². The predicted molar refractivity (Wildman–Crippen MR) is 74.3 cm³/mol. The molecule has 4 nitrogen and oxygen atoms in total. The standard InChI is InChI=1S/C15H14N2O2/c1-8-3-11-12-7-16-14(18)5-10(12)6-15(19)17-13(11)4-9(8)2/h3-5,7H,6H2,1-2H3,(H,16,18)(H,17,19). The van der Waals surface area contributed by atoms with Crippen molar-refractivity contribution in [3.05, 3.63) is 51.4 Å². The van der Waals surface area contributed by atoms with Gasteiger partial charge in [0.05, 0.1) is 6.42 Å². The summed E-state index contributed by atoms with van der Waals surface area (Å²) in [6.07, 6.45) is 1.91. The summed E-state index contributed by atoms with van der Waals surface area (Å²) in [5.74, 6) is -0.0890. The molecule has 19 heavy (non-hydrogen) atoms. The van der Waals surface area contributed by atoms with Gasteiger partial charge in [-0.05, 0) is 42.7 Å². The molecular formula is C15H14N2O2. The second kappa shape index (κ2) is 4.09. The van der Waals surface area contributed by atoms with Crippen molar-refractivity contribution in [2.24, 2.45) is 0 Å². The average molecular weight is 254 g/mol. The Morgan fingerprint density at radius 2 is 1.74 bits per heavy atom. The molecule has 0 fully saturated rings. The van der Waals surface area contributed by atoms with E-state index >= 15 is 0 Å². The van der Waals surface area contributed by atoms with Crippen molar-refractivity contribution in [2.45, 2.75) is 20.3 Å². The Morgan fingerprint density at radius 3 is 2.53 bits per heavy atom. The van der Waals surface area contributed by atoms with Crippen LogP contribution in [0.25, 0.3) is 11.1 Å². The van der Waals surface area contributed by atoms with Crippen molar-refractivity contribution in [1.82, 2.24) is 4.98 Å². The summed E-state index contributed by atoms with van der Waals surface area (Å²) in [5, 5.41) is 2.90. The third-order valence-corrected chi connectivity index (χ3v) is 3.56. The number of carbonyl (C=O) groups is 1. The molecule has 2 heterocycles. The number of aromatic nitrogens is 1. The number of benzene rings is 1. The Bertz CT molecular complexity index is 744. The number of hydrogen-bond donors (Lipinski definition) is 2. The topological polar surface area (TPSA) is 62.0 Å². The van der Waals surface area contributed by atoms with E-state index in [2.05, 4.69) is 10.3 Å². The number of nitrogens with one attached hydrogen (secondary N) is 2. The average Bonchev–Trinajstić information content (AvgIpc) is 2.45. The number of carbonyl (C=O) groups excluding carboxylic acids is 1. The van der Waals surface area contributed by atoms with Crippen LogP contribution in [0.3, 0.4) is 0 Å². The highest BCUT2D eigenvalue weighted by molar-refractivity contribution is 6.00. The molecule has 0 atom stereocenters. The molecule has 0 radical (unpaired) electrons. The van der Waals surface area contributed by atoms with Crippen molar-refractivity contribution in [2.75, 3.05) is 5.32 Å². The molecule has 3 rings (SSSR count). The normalized spacial score (nSPS) is 13.3. The summed E-state index contributed by atoms with van der Waals surface area (Å²) in [7, 11) is 0. The summed E-state index contributed by atoms with van der Waals surface area (Å²) >= 11 is 0. The number of rotatable bonds is 0. The quantitative estimate of drug-likeness (QED) is 0.756. The Morgan fingerprint density at radius 1 is 1.00 bits per heavy atom. The Labute approximate surface area is 110 Å². The molecule has 0 bridgehead atoms. The number of fused-ring (bicyclic) bond motifs is 3. The maximum absolute atomic E-state index is 11.9. The molecular weight excluding hydrogens is 240 g/mol. The number of pyridine rings is 1. The van der Waals surface area contributed by atoms with E-state index in [1.54, 1.807) is 6.20 Å². The van der Waals surface area contributed by atoms with Crippen LogP contribution in [0.1, 0.15) is 16.7 Å². The van der Waals surface area contributed by atoms with Gasteiger partial charge < -0.3 is 10.3 Å². The van der Waals surface area contributed by atoms with Crippen LogP contribution in [0.15, 0.2) is 29.2 Å². The Kier molecular flexibility index (Phi) is 2.52. The van der Waals surface area contributed by atoms with E-state index in [1.807, 2.05) is 26.0 Å². The van der Waals surface area contributed by atoms with E-state index in [9.17, 15) is 9.59 Å². The monoisotopic (exact) mass is 254 g/mol. The van der Waals surface area contributed by atoms with Gasteiger partial charge in [0.25, 0.3) is 0 Å². The first-order valence-electron chi connectivity index (χ1n) is 6.17. The van der Waals surface area contributed by atoms with Crippen LogP contribution in [-0.4, -0.2) is 10.9 Å². The minimum Gasteiger partial charge on any atom is -0.328 e. The van der Waals surface area contributed by atoms with Crippen LogP contribution >= 0.6 is 0 Å². The van der Waals surface area contributed by atoms with Gasteiger partial charge >= 0.3 is 0 Å². The Hall–Kier alpha value is -2.36. The number of aryl methyl sites for hydroxylation is 2. The van der Waals surface area contributed by atoms with Crippen molar-refractivity contribution in [3.8, 4) is 11.1 Å². The fraction of sp³-hybridized carbons (Fsp3) is 0.200. The minimum atomic E-state index is -0.182. The zero-order valence-electron chi connectivity index (χ0n) is 10.8. The lowest BCUT2D eigenvalue weighted by Gasteiger charge is -2.11. The van der Waals surface area contributed by atoms with Gasteiger partial charge in [0.2, 0.25) is 11.5 Å². The summed E-state index contributed by atoms with van der Waals surface area (Å²) in [6.45, 7) is 4.05. The maximum atomic E-state index is 11.9. The van der Waals surface area contributed by atoms with Gasteiger partial charge in [-0.25, -0.2) is 0 Å². The van der Waals surface area contributed by atoms with Crippen LogP contribution < -0.4 is 10.9 Å². The summed E-state index contributed by atoms with van der Waals surface area (Å²) in [6, 6.07) is 5.52.